The van der Waals surface area contributed by atoms with E-state index in [1.54, 1.807) is 0 Å². The van der Waals surface area contributed by atoms with Gasteiger partial charge < -0.3 is 10.6 Å². The van der Waals surface area contributed by atoms with E-state index >= 15 is 0 Å². The number of rotatable bonds is 5. The highest BCUT2D eigenvalue weighted by molar-refractivity contribution is 5.61. The van der Waals surface area contributed by atoms with Crippen LogP contribution in [0.2, 0.25) is 0 Å². The lowest BCUT2D eigenvalue weighted by Gasteiger charge is -2.14. The van der Waals surface area contributed by atoms with Gasteiger partial charge >= 0.3 is 6.18 Å². The Morgan fingerprint density at radius 2 is 1.91 bits per heavy atom. The fourth-order valence-electron chi connectivity index (χ4n) is 1.71. The molecule has 0 spiro atoms. The van der Waals surface area contributed by atoms with Gasteiger partial charge in [0.05, 0.1) is 17.4 Å². The van der Waals surface area contributed by atoms with Gasteiger partial charge in [-0.15, -0.1) is 5.10 Å². The Hall–Kier alpha value is -2.38. The maximum Gasteiger partial charge on any atom is 0.418 e. The molecular formula is C14H16F3N5. The van der Waals surface area contributed by atoms with Gasteiger partial charge in [0.25, 0.3) is 0 Å². The zero-order valence-corrected chi connectivity index (χ0v) is 12.1. The summed E-state index contributed by atoms with van der Waals surface area (Å²) in [6.45, 7) is 4.68. The van der Waals surface area contributed by atoms with Crippen molar-refractivity contribution in [3.05, 3.63) is 36.0 Å². The normalized spacial score (nSPS) is 11.5. The molecule has 2 aromatic rings. The van der Waals surface area contributed by atoms with Crippen molar-refractivity contribution in [2.24, 2.45) is 5.92 Å². The predicted molar refractivity (Wildman–Crippen MR) is 77.9 cm³/mol. The Morgan fingerprint density at radius 3 is 2.59 bits per heavy atom. The number of aromatic nitrogens is 3. The summed E-state index contributed by atoms with van der Waals surface area (Å²) in [4.78, 5) is 4.10. The van der Waals surface area contributed by atoms with Crippen LogP contribution in [0, 0.1) is 5.92 Å². The van der Waals surface area contributed by atoms with Crippen molar-refractivity contribution in [2.75, 3.05) is 17.2 Å². The molecule has 0 aliphatic rings. The first-order valence-corrected chi connectivity index (χ1v) is 6.73. The molecule has 0 amide bonds. The topological polar surface area (TPSA) is 62.7 Å². The molecule has 8 heteroatoms. The number of nitrogens with one attached hydrogen (secondary N) is 2. The van der Waals surface area contributed by atoms with Crippen molar-refractivity contribution in [1.29, 1.82) is 0 Å². The first-order chi connectivity index (χ1) is 10.4. The standard InChI is InChI=1S/C14H16F3N5/c1-9(2)7-18-13-21-12(8-19-22-13)20-11-6-4-3-5-10(11)14(15,16)17/h3-6,8-9H,7H2,1-2H3,(H2,18,20,21,22). The molecule has 0 unspecified atom stereocenters. The second-order valence-electron chi connectivity index (χ2n) is 5.11. The summed E-state index contributed by atoms with van der Waals surface area (Å²) in [7, 11) is 0. The minimum absolute atomic E-state index is 0.0784. The van der Waals surface area contributed by atoms with E-state index in [2.05, 4.69) is 25.8 Å². The Labute approximate surface area is 126 Å². The van der Waals surface area contributed by atoms with Gasteiger partial charge in [0, 0.05) is 6.54 Å². The molecule has 1 heterocycles. The minimum Gasteiger partial charge on any atom is -0.353 e. The number of benzene rings is 1. The molecule has 1 aromatic heterocycles. The summed E-state index contributed by atoms with van der Waals surface area (Å²) < 4.78 is 38.8. The number of hydrogen-bond donors (Lipinski definition) is 2. The van der Waals surface area contributed by atoms with Crippen LogP contribution in [0.4, 0.5) is 30.6 Å². The lowest BCUT2D eigenvalue weighted by molar-refractivity contribution is -0.136. The maximum absolute atomic E-state index is 12.9. The first kappa shape index (κ1) is 16.0. The summed E-state index contributed by atoms with van der Waals surface area (Å²) in [5, 5.41) is 13.1. The maximum atomic E-state index is 12.9. The molecule has 0 fully saturated rings. The second-order valence-corrected chi connectivity index (χ2v) is 5.11. The van der Waals surface area contributed by atoms with E-state index in [9.17, 15) is 13.2 Å². The van der Waals surface area contributed by atoms with E-state index in [4.69, 9.17) is 0 Å². The molecule has 0 atom stereocenters. The van der Waals surface area contributed by atoms with E-state index in [0.29, 0.717) is 12.5 Å². The molecule has 2 N–H and O–H groups in total. The van der Waals surface area contributed by atoms with Crippen molar-refractivity contribution < 1.29 is 13.2 Å². The van der Waals surface area contributed by atoms with E-state index < -0.39 is 11.7 Å². The van der Waals surface area contributed by atoms with Gasteiger partial charge in [0.2, 0.25) is 5.95 Å². The van der Waals surface area contributed by atoms with Gasteiger partial charge in [-0.2, -0.15) is 23.3 Å². The van der Waals surface area contributed by atoms with E-state index in [1.807, 2.05) is 13.8 Å². The highest BCUT2D eigenvalue weighted by atomic mass is 19.4. The van der Waals surface area contributed by atoms with Crippen molar-refractivity contribution in [3.8, 4) is 0 Å². The lowest BCUT2D eigenvalue weighted by atomic mass is 10.1. The highest BCUT2D eigenvalue weighted by Gasteiger charge is 2.33. The van der Waals surface area contributed by atoms with Crippen LogP contribution in [0.3, 0.4) is 0 Å². The van der Waals surface area contributed by atoms with Crippen LogP contribution in [0.1, 0.15) is 19.4 Å². The summed E-state index contributed by atoms with van der Waals surface area (Å²) in [5.41, 5.74) is -0.837. The third-order valence-electron chi connectivity index (χ3n) is 2.72. The number of nitrogens with zero attached hydrogens (tertiary/aromatic N) is 3. The largest absolute Gasteiger partial charge is 0.418 e. The number of anilines is 3. The van der Waals surface area contributed by atoms with E-state index in [0.717, 1.165) is 6.07 Å². The Balaban J connectivity index is 2.19. The molecule has 0 bridgehead atoms. The summed E-state index contributed by atoms with van der Waals surface area (Å²) >= 11 is 0. The molecule has 2 rings (SSSR count). The average Bonchev–Trinajstić information content (AvgIpc) is 2.45. The molecule has 0 aliphatic carbocycles. The van der Waals surface area contributed by atoms with E-state index in [1.165, 1.54) is 24.4 Å². The van der Waals surface area contributed by atoms with Gasteiger partial charge in [-0.3, -0.25) is 0 Å². The summed E-state index contributed by atoms with van der Waals surface area (Å²) in [6.07, 6.45) is -3.17. The molecule has 22 heavy (non-hydrogen) atoms. The fourth-order valence-corrected chi connectivity index (χ4v) is 1.71. The number of halogens is 3. The average molecular weight is 311 g/mol. The lowest BCUT2D eigenvalue weighted by Crippen LogP contribution is -2.12. The van der Waals surface area contributed by atoms with Crippen LogP contribution in [0.15, 0.2) is 30.5 Å². The molecule has 118 valence electrons. The Kier molecular flexibility index (Phi) is 4.79. The SMILES string of the molecule is CC(C)CNc1nncc(Nc2ccccc2C(F)(F)F)n1. The van der Waals surface area contributed by atoms with Crippen molar-refractivity contribution in [3.63, 3.8) is 0 Å². The van der Waals surface area contributed by atoms with Gasteiger partial charge in [0.1, 0.15) is 0 Å². The number of para-hydroxylation sites is 1. The molecule has 0 aliphatic heterocycles. The Bertz CT molecular complexity index is 628. The molecule has 0 radical (unpaired) electrons. The van der Waals surface area contributed by atoms with Crippen molar-refractivity contribution >= 4 is 17.5 Å². The zero-order valence-electron chi connectivity index (χ0n) is 12.1. The molecule has 0 saturated heterocycles. The summed E-state index contributed by atoms with van der Waals surface area (Å²) in [6, 6.07) is 5.20. The van der Waals surface area contributed by atoms with Crippen molar-refractivity contribution in [1.82, 2.24) is 15.2 Å². The van der Waals surface area contributed by atoms with Crippen LogP contribution in [-0.4, -0.2) is 21.7 Å². The monoisotopic (exact) mass is 311 g/mol. The Morgan fingerprint density at radius 1 is 1.18 bits per heavy atom. The van der Waals surface area contributed by atoms with Crippen LogP contribution in [-0.2, 0) is 6.18 Å². The predicted octanol–water partition coefficient (Wildman–Crippen LogP) is 3.70. The van der Waals surface area contributed by atoms with Gasteiger partial charge in [0.15, 0.2) is 5.82 Å². The van der Waals surface area contributed by atoms with Crippen LogP contribution >= 0.6 is 0 Å². The van der Waals surface area contributed by atoms with Gasteiger partial charge in [-0.25, -0.2) is 0 Å². The fraction of sp³-hybridized carbons (Fsp3) is 0.357. The van der Waals surface area contributed by atoms with Crippen LogP contribution in [0.5, 0.6) is 0 Å². The van der Waals surface area contributed by atoms with E-state index in [-0.39, 0.29) is 17.5 Å². The quantitative estimate of drug-likeness (QED) is 0.881. The zero-order chi connectivity index (χ0) is 16.2. The first-order valence-electron chi connectivity index (χ1n) is 6.73. The number of hydrogen-bond acceptors (Lipinski definition) is 5. The van der Waals surface area contributed by atoms with Gasteiger partial charge in [-0.05, 0) is 18.1 Å². The minimum atomic E-state index is -4.44. The third kappa shape index (κ3) is 4.31. The van der Waals surface area contributed by atoms with Crippen LogP contribution < -0.4 is 10.6 Å². The number of alkyl halides is 3. The second kappa shape index (κ2) is 6.59. The molecule has 0 saturated carbocycles. The summed E-state index contributed by atoms with van der Waals surface area (Å²) in [5.74, 6) is 0.840. The van der Waals surface area contributed by atoms with Crippen molar-refractivity contribution in [2.45, 2.75) is 20.0 Å². The molecule has 1 aromatic carbocycles. The van der Waals surface area contributed by atoms with Crippen LogP contribution in [0.25, 0.3) is 0 Å². The van der Waals surface area contributed by atoms with Gasteiger partial charge in [-0.1, -0.05) is 26.0 Å². The third-order valence-corrected chi connectivity index (χ3v) is 2.72. The molecular weight excluding hydrogens is 295 g/mol. The smallest absolute Gasteiger partial charge is 0.353 e. The highest BCUT2D eigenvalue weighted by Crippen LogP contribution is 2.35. The molecule has 5 nitrogen and oxygen atoms in total.